The van der Waals surface area contributed by atoms with Gasteiger partial charge in [-0.3, -0.25) is 0 Å². The summed E-state index contributed by atoms with van der Waals surface area (Å²) in [6.07, 6.45) is 4.27. The van der Waals surface area contributed by atoms with Crippen molar-refractivity contribution in [1.82, 2.24) is 9.88 Å². The Morgan fingerprint density at radius 1 is 1.62 bits per heavy atom. The molecule has 13 heavy (non-hydrogen) atoms. The summed E-state index contributed by atoms with van der Waals surface area (Å²) in [6.45, 7) is 4.24. The SMILES string of the molecule is Cc1cnc([C@H]2CCCN(C)C2)o1. The fourth-order valence-corrected chi connectivity index (χ4v) is 1.93. The van der Waals surface area contributed by atoms with Crippen LogP contribution in [0.25, 0.3) is 0 Å². The Balaban J connectivity index is 2.08. The van der Waals surface area contributed by atoms with Crippen LogP contribution in [0.1, 0.15) is 30.4 Å². The molecule has 0 saturated carbocycles. The number of hydrogen-bond donors (Lipinski definition) is 0. The molecule has 2 rings (SSSR count). The number of aromatic nitrogens is 1. The molecule has 0 bridgehead atoms. The number of rotatable bonds is 1. The lowest BCUT2D eigenvalue weighted by Crippen LogP contribution is -2.30. The van der Waals surface area contributed by atoms with Crippen molar-refractivity contribution in [3.63, 3.8) is 0 Å². The van der Waals surface area contributed by atoms with Crippen LogP contribution in [0.2, 0.25) is 0 Å². The summed E-state index contributed by atoms with van der Waals surface area (Å²) in [4.78, 5) is 6.62. The third-order valence-electron chi connectivity index (χ3n) is 2.61. The van der Waals surface area contributed by atoms with Crippen molar-refractivity contribution in [3.05, 3.63) is 17.8 Å². The summed E-state index contributed by atoms with van der Waals surface area (Å²) in [5, 5.41) is 0. The first kappa shape index (κ1) is 8.75. The first-order chi connectivity index (χ1) is 6.25. The molecule has 0 radical (unpaired) electrons. The van der Waals surface area contributed by atoms with E-state index in [0.29, 0.717) is 5.92 Å². The number of likely N-dealkylation sites (N-methyl/N-ethyl adjacent to an activating group) is 1. The smallest absolute Gasteiger partial charge is 0.198 e. The summed E-state index contributed by atoms with van der Waals surface area (Å²) in [6, 6.07) is 0. The predicted octanol–water partition coefficient (Wildman–Crippen LogP) is 1.79. The van der Waals surface area contributed by atoms with Crippen LogP contribution in [-0.4, -0.2) is 30.0 Å². The monoisotopic (exact) mass is 180 g/mol. The summed E-state index contributed by atoms with van der Waals surface area (Å²) in [5.74, 6) is 2.35. The van der Waals surface area contributed by atoms with E-state index in [1.165, 1.54) is 19.4 Å². The number of hydrogen-bond acceptors (Lipinski definition) is 3. The zero-order valence-electron chi connectivity index (χ0n) is 8.29. The third kappa shape index (κ3) is 1.91. The molecule has 1 saturated heterocycles. The standard InChI is InChI=1S/C10H16N2O/c1-8-6-11-10(13-8)9-4-3-5-12(2)7-9/h6,9H,3-5,7H2,1-2H3/t9-/m0/s1. The Hall–Kier alpha value is -0.830. The van der Waals surface area contributed by atoms with Gasteiger partial charge in [-0.05, 0) is 33.4 Å². The third-order valence-corrected chi connectivity index (χ3v) is 2.61. The maximum absolute atomic E-state index is 5.53. The highest BCUT2D eigenvalue weighted by Crippen LogP contribution is 2.25. The fraction of sp³-hybridized carbons (Fsp3) is 0.700. The number of aryl methyl sites for hydroxylation is 1. The van der Waals surface area contributed by atoms with Crippen LogP contribution >= 0.6 is 0 Å². The largest absolute Gasteiger partial charge is 0.446 e. The molecule has 1 atom stereocenters. The number of oxazole rings is 1. The molecule has 72 valence electrons. The van der Waals surface area contributed by atoms with Gasteiger partial charge in [-0.25, -0.2) is 4.98 Å². The molecule has 0 aromatic carbocycles. The maximum Gasteiger partial charge on any atom is 0.198 e. The van der Waals surface area contributed by atoms with E-state index in [9.17, 15) is 0 Å². The first-order valence-corrected chi connectivity index (χ1v) is 4.86. The Morgan fingerprint density at radius 2 is 2.46 bits per heavy atom. The van der Waals surface area contributed by atoms with Gasteiger partial charge in [0, 0.05) is 12.5 Å². The second-order valence-electron chi connectivity index (χ2n) is 3.91. The molecule has 1 aliphatic rings. The number of nitrogens with zero attached hydrogens (tertiary/aromatic N) is 2. The van der Waals surface area contributed by atoms with Crippen LogP contribution in [0, 0.1) is 6.92 Å². The van der Waals surface area contributed by atoms with Crippen LogP contribution in [-0.2, 0) is 0 Å². The second kappa shape index (κ2) is 3.50. The highest BCUT2D eigenvalue weighted by atomic mass is 16.4. The van der Waals surface area contributed by atoms with Gasteiger partial charge in [0.2, 0.25) is 0 Å². The molecule has 0 spiro atoms. The molecule has 0 aliphatic carbocycles. The molecule has 2 heterocycles. The van der Waals surface area contributed by atoms with Gasteiger partial charge in [-0.2, -0.15) is 0 Å². The molecule has 1 aromatic rings. The van der Waals surface area contributed by atoms with Gasteiger partial charge < -0.3 is 9.32 Å². The van der Waals surface area contributed by atoms with Gasteiger partial charge in [-0.1, -0.05) is 0 Å². The Labute approximate surface area is 78.8 Å². The molecular weight excluding hydrogens is 164 g/mol. The minimum atomic E-state index is 0.507. The van der Waals surface area contributed by atoms with Crippen molar-refractivity contribution >= 4 is 0 Å². The van der Waals surface area contributed by atoms with Gasteiger partial charge in [-0.15, -0.1) is 0 Å². The minimum Gasteiger partial charge on any atom is -0.446 e. The van der Waals surface area contributed by atoms with E-state index in [2.05, 4.69) is 16.9 Å². The molecule has 1 aliphatic heterocycles. The molecule has 0 unspecified atom stereocenters. The van der Waals surface area contributed by atoms with Crippen LogP contribution in [0.5, 0.6) is 0 Å². The van der Waals surface area contributed by atoms with Gasteiger partial charge in [0.05, 0.1) is 6.20 Å². The van der Waals surface area contributed by atoms with Crippen molar-refractivity contribution in [1.29, 1.82) is 0 Å². The lowest BCUT2D eigenvalue weighted by Gasteiger charge is -2.27. The van der Waals surface area contributed by atoms with Crippen molar-refractivity contribution < 1.29 is 4.42 Å². The van der Waals surface area contributed by atoms with Crippen molar-refractivity contribution in [2.24, 2.45) is 0 Å². The Bertz CT molecular complexity index is 282. The average Bonchev–Trinajstić information content (AvgIpc) is 2.52. The van der Waals surface area contributed by atoms with Crippen molar-refractivity contribution in [2.45, 2.75) is 25.7 Å². The fourth-order valence-electron chi connectivity index (χ4n) is 1.93. The molecular formula is C10H16N2O. The normalized spacial score (nSPS) is 24.9. The van der Waals surface area contributed by atoms with E-state index in [4.69, 9.17) is 4.42 Å². The minimum absolute atomic E-state index is 0.507. The van der Waals surface area contributed by atoms with E-state index in [0.717, 1.165) is 18.2 Å². The van der Waals surface area contributed by atoms with E-state index in [1.807, 2.05) is 13.1 Å². The lowest BCUT2D eigenvalue weighted by atomic mass is 9.99. The lowest BCUT2D eigenvalue weighted by molar-refractivity contribution is 0.229. The Morgan fingerprint density at radius 3 is 3.08 bits per heavy atom. The van der Waals surface area contributed by atoms with Gasteiger partial charge in [0.1, 0.15) is 5.76 Å². The van der Waals surface area contributed by atoms with Crippen LogP contribution in [0.3, 0.4) is 0 Å². The summed E-state index contributed by atoms with van der Waals surface area (Å²) in [5.41, 5.74) is 0. The van der Waals surface area contributed by atoms with E-state index < -0.39 is 0 Å². The zero-order chi connectivity index (χ0) is 9.26. The summed E-state index contributed by atoms with van der Waals surface area (Å²) in [7, 11) is 2.15. The van der Waals surface area contributed by atoms with E-state index >= 15 is 0 Å². The van der Waals surface area contributed by atoms with Gasteiger partial charge in [0.25, 0.3) is 0 Å². The van der Waals surface area contributed by atoms with Crippen LogP contribution < -0.4 is 0 Å². The van der Waals surface area contributed by atoms with Crippen molar-refractivity contribution in [2.75, 3.05) is 20.1 Å². The highest BCUT2D eigenvalue weighted by molar-refractivity contribution is 4.99. The van der Waals surface area contributed by atoms with Gasteiger partial charge in [0.15, 0.2) is 5.89 Å². The summed E-state index contributed by atoms with van der Waals surface area (Å²) < 4.78 is 5.53. The van der Waals surface area contributed by atoms with Crippen molar-refractivity contribution in [3.8, 4) is 0 Å². The number of likely N-dealkylation sites (tertiary alicyclic amines) is 1. The van der Waals surface area contributed by atoms with Gasteiger partial charge >= 0.3 is 0 Å². The van der Waals surface area contributed by atoms with Crippen LogP contribution in [0.15, 0.2) is 10.6 Å². The first-order valence-electron chi connectivity index (χ1n) is 4.86. The molecule has 3 nitrogen and oxygen atoms in total. The predicted molar refractivity (Wildman–Crippen MR) is 50.7 cm³/mol. The Kier molecular flexibility index (Phi) is 2.36. The van der Waals surface area contributed by atoms with E-state index in [1.54, 1.807) is 0 Å². The molecule has 1 fully saturated rings. The zero-order valence-corrected chi connectivity index (χ0v) is 8.29. The quantitative estimate of drug-likeness (QED) is 0.660. The summed E-state index contributed by atoms with van der Waals surface area (Å²) >= 11 is 0. The average molecular weight is 180 g/mol. The molecule has 0 amide bonds. The maximum atomic E-state index is 5.53. The topological polar surface area (TPSA) is 29.3 Å². The number of piperidine rings is 1. The van der Waals surface area contributed by atoms with E-state index in [-0.39, 0.29) is 0 Å². The highest BCUT2D eigenvalue weighted by Gasteiger charge is 2.22. The molecule has 0 N–H and O–H groups in total. The second-order valence-corrected chi connectivity index (χ2v) is 3.91. The molecule has 1 aromatic heterocycles. The van der Waals surface area contributed by atoms with Crippen LogP contribution in [0.4, 0.5) is 0 Å². The molecule has 3 heteroatoms.